The molecule has 2 aliphatic rings. The van der Waals surface area contributed by atoms with Gasteiger partial charge in [-0.3, -0.25) is 0 Å². The first-order valence-electron chi connectivity index (χ1n) is 7.10. The van der Waals surface area contributed by atoms with Gasteiger partial charge in [0.1, 0.15) is 0 Å². The molecule has 0 aromatic heterocycles. The second-order valence-electron chi connectivity index (χ2n) is 6.03. The van der Waals surface area contributed by atoms with Gasteiger partial charge in [-0.05, 0) is 49.5 Å². The van der Waals surface area contributed by atoms with Gasteiger partial charge in [0.15, 0.2) is 0 Å². The van der Waals surface area contributed by atoms with Gasteiger partial charge in [-0.2, -0.15) is 0 Å². The highest BCUT2D eigenvalue weighted by atomic mass is 16.5. The lowest BCUT2D eigenvalue weighted by atomic mass is 9.75. The molecule has 0 radical (unpaired) electrons. The Kier molecular flexibility index (Phi) is 3.16. The molecule has 2 saturated carbocycles. The molecule has 98 valence electrons. The predicted octanol–water partition coefficient (Wildman–Crippen LogP) is 3.08. The van der Waals surface area contributed by atoms with Crippen LogP contribution < -0.4 is 5.73 Å². The van der Waals surface area contributed by atoms with E-state index < -0.39 is 0 Å². The molecule has 1 aromatic carbocycles. The van der Waals surface area contributed by atoms with E-state index in [0.29, 0.717) is 17.9 Å². The zero-order valence-corrected chi connectivity index (χ0v) is 11.1. The normalized spacial score (nSPS) is 30.6. The predicted molar refractivity (Wildman–Crippen MR) is 73.5 cm³/mol. The molecule has 1 aromatic rings. The van der Waals surface area contributed by atoms with Gasteiger partial charge in [-0.1, -0.05) is 30.3 Å². The summed E-state index contributed by atoms with van der Waals surface area (Å²) in [4.78, 5) is 0. The van der Waals surface area contributed by atoms with Gasteiger partial charge in [0, 0.05) is 13.2 Å². The third-order valence-corrected chi connectivity index (χ3v) is 4.92. The Hall–Kier alpha value is -0.860. The van der Waals surface area contributed by atoms with E-state index in [9.17, 15) is 0 Å². The van der Waals surface area contributed by atoms with E-state index in [1.54, 1.807) is 0 Å². The number of nitrogens with two attached hydrogens (primary N) is 1. The Balaban J connectivity index is 1.58. The van der Waals surface area contributed by atoms with Crippen molar-refractivity contribution in [3.63, 3.8) is 0 Å². The summed E-state index contributed by atoms with van der Waals surface area (Å²) in [5, 5.41) is 0. The quantitative estimate of drug-likeness (QED) is 0.865. The average molecular weight is 245 g/mol. The van der Waals surface area contributed by atoms with Gasteiger partial charge in [0.2, 0.25) is 0 Å². The van der Waals surface area contributed by atoms with Crippen LogP contribution >= 0.6 is 0 Å². The number of hydrogen-bond donors (Lipinski definition) is 1. The molecular formula is C16H23NO. The molecule has 0 amide bonds. The molecule has 0 bridgehead atoms. The van der Waals surface area contributed by atoms with Crippen LogP contribution in [0.3, 0.4) is 0 Å². The van der Waals surface area contributed by atoms with Gasteiger partial charge in [0.25, 0.3) is 0 Å². The Labute approximate surface area is 110 Å². The Morgan fingerprint density at radius 3 is 2.61 bits per heavy atom. The van der Waals surface area contributed by atoms with Crippen LogP contribution in [-0.4, -0.2) is 18.8 Å². The van der Waals surface area contributed by atoms with Crippen LogP contribution in [0.5, 0.6) is 0 Å². The molecule has 0 spiro atoms. The summed E-state index contributed by atoms with van der Waals surface area (Å²) in [5.74, 6) is 1.36. The Morgan fingerprint density at radius 1 is 1.33 bits per heavy atom. The fraction of sp³-hybridized carbons (Fsp3) is 0.625. The first-order chi connectivity index (χ1) is 8.74. The van der Waals surface area contributed by atoms with Crippen LogP contribution in [0.4, 0.5) is 0 Å². The molecule has 2 heteroatoms. The van der Waals surface area contributed by atoms with E-state index >= 15 is 0 Å². The average Bonchev–Trinajstić information content (AvgIpc) is 3.15. The van der Waals surface area contributed by atoms with Crippen molar-refractivity contribution in [1.82, 2.24) is 0 Å². The summed E-state index contributed by atoms with van der Waals surface area (Å²) in [6.45, 7) is 0. The van der Waals surface area contributed by atoms with Crippen molar-refractivity contribution in [2.45, 2.75) is 49.7 Å². The number of ether oxygens (including phenoxy) is 1. The molecule has 0 aliphatic heterocycles. The van der Waals surface area contributed by atoms with Crippen molar-refractivity contribution < 1.29 is 4.74 Å². The third kappa shape index (κ3) is 2.19. The van der Waals surface area contributed by atoms with E-state index in [0.717, 1.165) is 6.42 Å². The Morgan fingerprint density at radius 2 is 2.06 bits per heavy atom. The first kappa shape index (κ1) is 12.2. The topological polar surface area (TPSA) is 35.2 Å². The highest BCUT2D eigenvalue weighted by molar-refractivity contribution is 5.26. The summed E-state index contributed by atoms with van der Waals surface area (Å²) < 4.78 is 5.68. The highest BCUT2D eigenvalue weighted by Gasteiger charge is 2.47. The van der Waals surface area contributed by atoms with Crippen LogP contribution in [0.15, 0.2) is 30.3 Å². The molecular weight excluding hydrogens is 222 g/mol. The number of methoxy groups -OCH3 is 1. The summed E-state index contributed by atoms with van der Waals surface area (Å²) in [7, 11) is 1.84. The van der Waals surface area contributed by atoms with Gasteiger partial charge in [-0.25, -0.2) is 0 Å². The van der Waals surface area contributed by atoms with E-state index in [2.05, 4.69) is 30.3 Å². The van der Waals surface area contributed by atoms with Crippen LogP contribution in [0.25, 0.3) is 0 Å². The van der Waals surface area contributed by atoms with E-state index in [1.807, 2.05) is 7.11 Å². The van der Waals surface area contributed by atoms with Crippen LogP contribution in [0.2, 0.25) is 0 Å². The standard InChI is InChI=1S/C16H23NO/c1-18-16(8-5-9-16)11-15(17)14-10-13(14)12-6-3-2-4-7-12/h2-4,6-7,13-15H,5,8-11,17H2,1H3. The minimum absolute atomic E-state index is 0.114. The smallest absolute Gasteiger partial charge is 0.0693 e. The SMILES string of the molecule is COC1(CC(N)C2CC2c2ccccc2)CCC1. The summed E-state index contributed by atoms with van der Waals surface area (Å²) in [5.41, 5.74) is 7.97. The lowest BCUT2D eigenvalue weighted by Crippen LogP contribution is -2.45. The fourth-order valence-electron chi connectivity index (χ4n) is 3.41. The van der Waals surface area contributed by atoms with Crippen LogP contribution in [0.1, 0.15) is 43.6 Å². The molecule has 2 fully saturated rings. The number of rotatable bonds is 5. The molecule has 0 saturated heterocycles. The maximum atomic E-state index is 6.40. The highest BCUT2D eigenvalue weighted by Crippen LogP contribution is 2.51. The monoisotopic (exact) mass is 245 g/mol. The van der Waals surface area contributed by atoms with Crippen molar-refractivity contribution in [1.29, 1.82) is 0 Å². The minimum atomic E-state index is 0.114. The van der Waals surface area contributed by atoms with Gasteiger partial charge in [-0.15, -0.1) is 0 Å². The van der Waals surface area contributed by atoms with Crippen LogP contribution in [-0.2, 0) is 4.74 Å². The van der Waals surface area contributed by atoms with Crippen molar-refractivity contribution in [3.8, 4) is 0 Å². The van der Waals surface area contributed by atoms with E-state index in [-0.39, 0.29) is 5.60 Å². The molecule has 3 atom stereocenters. The Bertz CT molecular complexity index is 393. The second-order valence-corrected chi connectivity index (χ2v) is 6.03. The molecule has 3 unspecified atom stereocenters. The van der Waals surface area contributed by atoms with Crippen LogP contribution in [0, 0.1) is 5.92 Å². The zero-order chi connectivity index (χ0) is 12.6. The number of hydrogen-bond acceptors (Lipinski definition) is 2. The van der Waals surface area contributed by atoms with Crippen molar-refractivity contribution >= 4 is 0 Å². The minimum Gasteiger partial charge on any atom is -0.378 e. The lowest BCUT2D eigenvalue weighted by Gasteiger charge is -2.42. The molecule has 0 heterocycles. The third-order valence-electron chi connectivity index (χ3n) is 4.92. The molecule has 18 heavy (non-hydrogen) atoms. The van der Waals surface area contributed by atoms with Crippen molar-refractivity contribution in [2.75, 3.05) is 7.11 Å². The molecule has 2 nitrogen and oxygen atoms in total. The van der Waals surface area contributed by atoms with Gasteiger partial charge < -0.3 is 10.5 Å². The number of benzene rings is 1. The molecule has 3 rings (SSSR count). The maximum absolute atomic E-state index is 6.40. The van der Waals surface area contributed by atoms with Crippen molar-refractivity contribution in [2.24, 2.45) is 11.7 Å². The lowest BCUT2D eigenvalue weighted by molar-refractivity contribution is -0.0825. The molecule has 2 N–H and O–H groups in total. The van der Waals surface area contributed by atoms with Gasteiger partial charge >= 0.3 is 0 Å². The second kappa shape index (κ2) is 4.67. The fourth-order valence-corrected chi connectivity index (χ4v) is 3.41. The summed E-state index contributed by atoms with van der Waals surface area (Å²) in [6, 6.07) is 11.1. The van der Waals surface area contributed by atoms with Gasteiger partial charge in [0.05, 0.1) is 5.60 Å². The maximum Gasteiger partial charge on any atom is 0.0693 e. The summed E-state index contributed by atoms with van der Waals surface area (Å²) >= 11 is 0. The molecule has 2 aliphatic carbocycles. The van der Waals surface area contributed by atoms with E-state index in [1.165, 1.54) is 31.2 Å². The zero-order valence-electron chi connectivity index (χ0n) is 11.1. The largest absolute Gasteiger partial charge is 0.378 e. The first-order valence-corrected chi connectivity index (χ1v) is 7.10. The van der Waals surface area contributed by atoms with Crippen molar-refractivity contribution in [3.05, 3.63) is 35.9 Å². The van der Waals surface area contributed by atoms with E-state index in [4.69, 9.17) is 10.5 Å². The summed E-state index contributed by atoms with van der Waals surface area (Å²) in [6.07, 6.45) is 5.98.